The molecular weight excluding hydrogens is 282 g/mol. The summed E-state index contributed by atoms with van der Waals surface area (Å²) < 4.78 is 5.84. The lowest BCUT2D eigenvalue weighted by Crippen LogP contribution is -2.35. The first-order valence-corrected chi connectivity index (χ1v) is 7.81. The van der Waals surface area contributed by atoms with Crippen LogP contribution in [0, 0.1) is 0 Å². The molecule has 0 bridgehead atoms. The molecule has 1 unspecified atom stereocenters. The molecule has 1 N–H and O–H groups in total. The van der Waals surface area contributed by atoms with Gasteiger partial charge in [0.2, 0.25) is 0 Å². The van der Waals surface area contributed by atoms with Gasteiger partial charge in [-0.2, -0.15) is 0 Å². The third kappa shape index (κ3) is 5.78. The monoisotopic (exact) mass is 303 g/mol. The molecule has 2 aromatic carbocycles. The van der Waals surface area contributed by atoms with Gasteiger partial charge in [0, 0.05) is 11.1 Å². The number of ether oxygens (including phenoxy) is 1. The van der Waals surface area contributed by atoms with E-state index in [9.17, 15) is 0 Å². The average molecular weight is 304 g/mol. The van der Waals surface area contributed by atoms with Crippen LogP contribution in [-0.2, 0) is 6.42 Å². The third-order valence-corrected chi connectivity index (χ3v) is 3.63. The van der Waals surface area contributed by atoms with E-state index >= 15 is 0 Å². The Morgan fingerprint density at radius 3 is 2.43 bits per heavy atom. The predicted octanol–water partition coefficient (Wildman–Crippen LogP) is 4.33. The van der Waals surface area contributed by atoms with Gasteiger partial charge in [0.1, 0.15) is 12.4 Å². The maximum absolute atomic E-state index is 5.87. The summed E-state index contributed by atoms with van der Waals surface area (Å²) in [6, 6.07) is 18.4. The molecule has 3 heteroatoms. The van der Waals surface area contributed by atoms with E-state index in [-0.39, 0.29) is 0 Å². The molecule has 0 saturated heterocycles. The summed E-state index contributed by atoms with van der Waals surface area (Å²) in [5.74, 6) is 0.863. The van der Waals surface area contributed by atoms with Gasteiger partial charge in [-0.1, -0.05) is 48.9 Å². The van der Waals surface area contributed by atoms with Crippen molar-refractivity contribution in [1.29, 1.82) is 0 Å². The van der Waals surface area contributed by atoms with E-state index < -0.39 is 0 Å². The second kappa shape index (κ2) is 8.71. The molecule has 0 radical (unpaired) electrons. The fraction of sp³-hybridized carbons (Fsp3) is 0.333. The van der Waals surface area contributed by atoms with Crippen molar-refractivity contribution in [1.82, 2.24) is 5.32 Å². The number of benzene rings is 2. The topological polar surface area (TPSA) is 21.3 Å². The predicted molar refractivity (Wildman–Crippen MR) is 89.2 cm³/mol. The summed E-state index contributed by atoms with van der Waals surface area (Å²) in [5, 5.41) is 4.21. The highest BCUT2D eigenvalue weighted by molar-refractivity contribution is 6.30. The standard InChI is InChI=1S/C18H22ClNO/c1-2-20-17(11-8-15-6-4-3-5-7-15)14-21-18-12-9-16(19)10-13-18/h3-7,9-10,12-13,17,20H,2,8,11,14H2,1H3. The number of hydrogen-bond donors (Lipinski definition) is 1. The zero-order chi connectivity index (χ0) is 14.9. The van der Waals surface area contributed by atoms with Gasteiger partial charge in [0.15, 0.2) is 0 Å². The van der Waals surface area contributed by atoms with Crippen LogP contribution >= 0.6 is 11.6 Å². The SMILES string of the molecule is CCNC(CCc1ccccc1)COc1ccc(Cl)cc1. The van der Waals surface area contributed by atoms with Crippen LogP contribution in [0.2, 0.25) is 5.02 Å². The molecule has 0 saturated carbocycles. The lowest BCUT2D eigenvalue weighted by molar-refractivity contribution is 0.258. The summed E-state index contributed by atoms with van der Waals surface area (Å²) in [6.45, 7) is 3.74. The molecule has 0 aliphatic carbocycles. The van der Waals surface area contributed by atoms with Crippen LogP contribution in [0.5, 0.6) is 5.75 Å². The fourth-order valence-electron chi connectivity index (χ4n) is 2.25. The first kappa shape index (κ1) is 15.9. The van der Waals surface area contributed by atoms with Crippen LogP contribution in [0.4, 0.5) is 0 Å². The first-order chi connectivity index (χ1) is 10.3. The van der Waals surface area contributed by atoms with Gasteiger partial charge in [0.25, 0.3) is 0 Å². The molecule has 1 atom stereocenters. The van der Waals surface area contributed by atoms with Gasteiger partial charge in [-0.25, -0.2) is 0 Å². The van der Waals surface area contributed by atoms with Gasteiger partial charge >= 0.3 is 0 Å². The molecular formula is C18H22ClNO. The van der Waals surface area contributed by atoms with E-state index in [1.165, 1.54) is 5.56 Å². The van der Waals surface area contributed by atoms with Crippen LogP contribution in [0.1, 0.15) is 18.9 Å². The number of likely N-dealkylation sites (N-methyl/N-ethyl adjacent to an activating group) is 1. The fourth-order valence-corrected chi connectivity index (χ4v) is 2.37. The van der Waals surface area contributed by atoms with Gasteiger partial charge in [-0.15, -0.1) is 0 Å². The number of aryl methyl sites for hydroxylation is 1. The van der Waals surface area contributed by atoms with E-state index in [1.54, 1.807) is 0 Å². The number of rotatable bonds is 8. The van der Waals surface area contributed by atoms with Crippen molar-refractivity contribution < 1.29 is 4.74 Å². The summed E-state index contributed by atoms with van der Waals surface area (Å²) in [7, 11) is 0. The van der Waals surface area contributed by atoms with Crippen LogP contribution in [-0.4, -0.2) is 19.2 Å². The lowest BCUT2D eigenvalue weighted by atomic mass is 10.1. The average Bonchev–Trinajstić information content (AvgIpc) is 2.52. The Morgan fingerprint density at radius 1 is 1.05 bits per heavy atom. The highest BCUT2D eigenvalue weighted by atomic mass is 35.5. The van der Waals surface area contributed by atoms with E-state index in [0.717, 1.165) is 30.2 Å². The highest BCUT2D eigenvalue weighted by Crippen LogP contribution is 2.16. The maximum Gasteiger partial charge on any atom is 0.119 e. The molecule has 0 heterocycles. The summed E-state index contributed by atoms with van der Waals surface area (Å²) in [5.41, 5.74) is 1.37. The second-order valence-electron chi connectivity index (χ2n) is 5.04. The Balaban J connectivity index is 1.82. The van der Waals surface area contributed by atoms with Crippen LogP contribution in [0.15, 0.2) is 54.6 Å². The van der Waals surface area contributed by atoms with Crippen molar-refractivity contribution in [2.75, 3.05) is 13.2 Å². The van der Waals surface area contributed by atoms with Crippen molar-refractivity contribution >= 4 is 11.6 Å². The van der Waals surface area contributed by atoms with Gasteiger partial charge in [-0.05, 0) is 49.2 Å². The summed E-state index contributed by atoms with van der Waals surface area (Å²) in [4.78, 5) is 0. The van der Waals surface area contributed by atoms with Crippen molar-refractivity contribution in [2.45, 2.75) is 25.8 Å². The van der Waals surface area contributed by atoms with E-state index in [1.807, 2.05) is 24.3 Å². The molecule has 0 spiro atoms. The molecule has 2 rings (SSSR count). The molecule has 0 amide bonds. The van der Waals surface area contributed by atoms with Gasteiger partial charge in [0.05, 0.1) is 0 Å². The Hall–Kier alpha value is -1.51. The minimum Gasteiger partial charge on any atom is -0.492 e. The van der Waals surface area contributed by atoms with Gasteiger partial charge < -0.3 is 10.1 Å². The minimum atomic E-state index is 0.353. The number of nitrogens with one attached hydrogen (secondary N) is 1. The Kier molecular flexibility index (Phi) is 6.58. The minimum absolute atomic E-state index is 0.353. The number of halogens is 1. The lowest BCUT2D eigenvalue weighted by Gasteiger charge is -2.18. The Labute approximate surface area is 132 Å². The normalized spacial score (nSPS) is 12.1. The number of hydrogen-bond acceptors (Lipinski definition) is 2. The smallest absolute Gasteiger partial charge is 0.119 e. The molecule has 0 aromatic heterocycles. The van der Waals surface area contributed by atoms with E-state index in [4.69, 9.17) is 16.3 Å². The molecule has 0 aliphatic rings. The molecule has 2 aromatic rings. The summed E-state index contributed by atoms with van der Waals surface area (Å²) in [6.07, 6.45) is 2.12. The quantitative estimate of drug-likeness (QED) is 0.784. The van der Waals surface area contributed by atoms with Crippen LogP contribution < -0.4 is 10.1 Å². The summed E-state index contributed by atoms with van der Waals surface area (Å²) >= 11 is 5.87. The molecule has 112 valence electrons. The van der Waals surface area contributed by atoms with Crippen LogP contribution in [0.25, 0.3) is 0 Å². The molecule has 0 fully saturated rings. The Morgan fingerprint density at radius 2 is 1.76 bits per heavy atom. The van der Waals surface area contributed by atoms with E-state index in [2.05, 4.69) is 42.6 Å². The van der Waals surface area contributed by atoms with Crippen LogP contribution in [0.3, 0.4) is 0 Å². The highest BCUT2D eigenvalue weighted by Gasteiger charge is 2.08. The molecule has 0 aliphatic heterocycles. The first-order valence-electron chi connectivity index (χ1n) is 7.43. The van der Waals surface area contributed by atoms with Crippen molar-refractivity contribution in [2.24, 2.45) is 0 Å². The second-order valence-corrected chi connectivity index (χ2v) is 5.48. The third-order valence-electron chi connectivity index (χ3n) is 3.38. The van der Waals surface area contributed by atoms with Gasteiger partial charge in [-0.3, -0.25) is 0 Å². The zero-order valence-electron chi connectivity index (χ0n) is 12.4. The Bertz CT molecular complexity index is 513. The maximum atomic E-state index is 5.87. The zero-order valence-corrected chi connectivity index (χ0v) is 13.1. The van der Waals surface area contributed by atoms with Crippen molar-refractivity contribution in [3.63, 3.8) is 0 Å². The largest absolute Gasteiger partial charge is 0.492 e. The molecule has 21 heavy (non-hydrogen) atoms. The van der Waals surface area contributed by atoms with Crippen molar-refractivity contribution in [3.8, 4) is 5.75 Å². The molecule has 2 nitrogen and oxygen atoms in total. The van der Waals surface area contributed by atoms with Crippen molar-refractivity contribution in [3.05, 3.63) is 65.2 Å². The van der Waals surface area contributed by atoms with E-state index in [0.29, 0.717) is 12.6 Å².